The van der Waals surface area contributed by atoms with Gasteiger partial charge < -0.3 is 29.0 Å². The zero-order valence-electron chi connectivity index (χ0n) is 21.5. The smallest absolute Gasteiger partial charge is 0.306 e. The number of aromatic nitrogens is 1. The Hall–Kier alpha value is -5.05. The highest BCUT2D eigenvalue weighted by Crippen LogP contribution is 2.49. The molecule has 2 aromatic heterocycles. The summed E-state index contributed by atoms with van der Waals surface area (Å²) in [6.45, 7) is 0.464. The van der Waals surface area contributed by atoms with E-state index in [1.807, 2.05) is 18.2 Å². The second-order valence-electron chi connectivity index (χ2n) is 9.85. The number of aromatic hydroxyl groups is 3. The van der Waals surface area contributed by atoms with Crippen LogP contribution in [0.5, 0.6) is 17.2 Å². The van der Waals surface area contributed by atoms with Gasteiger partial charge in [0.15, 0.2) is 16.9 Å². The molecule has 0 bridgehead atoms. The monoisotopic (exact) mass is 539 g/mol. The highest BCUT2D eigenvalue weighted by atomic mass is 16.5. The van der Waals surface area contributed by atoms with Crippen LogP contribution in [0, 0.1) is 0 Å². The number of nitrogens with zero attached hydrogens (tertiary/aromatic N) is 1. The Morgan fingerprint density at radius 3 is 2.52 bits per heavy atom. The first-order chi connectivity index (χ1) is 19.3. The van der Waals surface area contributed by atoms with E-state index < -0.39 is 41.0 Å². The third-order valence-corrected chi connectivity index (χ3v) is 7.57. The van der Waals surface area contributed by atoms with Gasteiger partial charge in [0.05, 0.1) is 19.0 Å². The first-order valence-corrected chi connectivity index (χ1v) is 12.8. The molecule has 5 aromatic rings. The third kappa shape index (κ3) is 3.89. The van der Waals surface area contributed by atoms with E-state index >= 15 is 0 Å². The van der Waals surface area contributed by atoms with Gasteiger partial charge in [-0.25, -0.2) is 0 Å². The van der Waals surface area contributed by atoms with Crippen LogP contribution >= 0.6 is 0 Å². The molecule has 3 N–H and O–H groups in total. The standard InChI is InChI=1S/C31H25NO8/c1-39-23(34)14-19(20-13-18-10-5-9-17-11-6-12-32(26(17)18)31(20)38)24-27(35)29(37)28(36)25-21(33)15-22(40-30(24)25)16-7-3-2-4-8-16/h2-5,7-10,13,15,19,35-37H,6,11-12,14H2,1H3. The van der Waals surface area contributed by atoms with Crippen molar-refractivity contribution >= 4 is 27.8 Å². The number of fused-ring (bicyclic) bond motifs is 1. The summed E-state index contributed by atoms with van der Waals surface area (Å²) in [5.41, 5.74) is 1.04. The van der Waals surface area contributed by atoms with Gasteiger partial charge in [0.2, 0.25) is 5.75 Å². The summed E-state index contributed by atoms with van der Waals surface area (Å²) in [4.78, 5) is 39.9. The van der Waals surface area contributed by atoms with Crippen LogP contribution in [-0.4, -0.2) is 33.0 Å². The number of carbonyl (C=O) groups is 1. The summed E-state index contributed by atoms with van der Waals surface area (Å²) in [5.74, 6) is -4.38. The molecule has 1 aliphatic rings. The van der Waals surface area contributed by atoms with Crippen molar-refractivity contribution in [3.63, 3.8) is 0 Å². The van der Waals surface area contributed by atoms with Gasteiger partial charge in [-0.3, -0.25) is 14.4 Å². The van der Waals surface area contributed by atoms with Crippen molar-refractivity contribution in [2.45, 2.75) is 31.7 Å². The Bertz CT molecular complexity index is 1940. The number of pyridine rings is 1. The Balaban J connectivity index is 1.72. The van der Waals surface area contributed by atoms with Crippen LogP contribution in [0.3, 0.4) is 0 Å². The number of hydrogen-bond acceptors (Lipinski definition) is 8. The average molecular weight is 540 g/mol. The number of phenolic OH excluding ortho intramolecular Hbond substituents is 3. The Morgan fingerprint density at radius 2 is 1.77 bits per heavy atom. The molecule has 0 amide bonds. The second-order valence-corrected chi connectivity index (χ2v) is 9.85. The minimum absolute atomic E-state index is 0.135. The zero-order valence-corrected chi connectivity index (χ0v) is 21.5. The number of para-hydroxylation sites is 1. The predicted molar refractivity (Wildman–Crippen MR) is 148 cm³/mol. The fraction of sp³-hybridized carbons (Fsp3) is 0.194. The van der Waals surface area contributed by atoms with E-state index in [4.69, 9.17) is 9.15 Å². The highest BCUT2D eigenvalue weighted by molar-refractivity contribution is 5.94. The van der Waals surface area contributed by atoms with Crippen LogP contribution < -0.4 is 11.0 Å². The lowest BCUT2D eigenvalue weighted by Gasteiger charge is -2.24. The molecule has 0 radical (unpaired) electrons. The van der Waals surface area contributed by atoms with E-state index in [0.717, 1.165) is 29.3 Å². The molecule has 0 saturated heterocycles. The van der Waals surface area contributed by atoms with Crippen molar-refractivity contribution in [1.29, 1.82) is 0 Å². The lowest BCUT2D eigenvalue weighted by molar-refractivity contribution is -0.140. The van der Waals surface area contributed by atoms with E-state index in [9.17, 15) is 29.7 Å². The molecule has 0 saturated carbocycles. The normalized spacial score (nSPS) is 13.4. The maximum atomic E-state index is 14.0. The molecular weight excluding hydrogens is 514 g/mol. The van der Waals surface area contributed by atoms with Crippen LogP contribution in [0.4, 0.5) is 0 Å². The van der Waals surface area contributed by atoms with Gasteiger partial charge in [-0.05, 0) is 29.9 Å². The summed E-state index contributed by atoms with van der Waals surface area (Å²) in [5, 5.41) is 32.9. The number of methoxy groups -OCH3 is 1. The van der Waals surface area contributed by atoms with Crippen molar-refractivity contribution in [3.8, 4) is 28.6 Å². The molecule has 3 aromatic carbocycles. The van der Waals surface area contributed by atoms with Crippen LogP contribution in [0.2, 0.25) is 0 Å². The first kappa shape index (κ1) is 25.2. The van der Waals surface area contributed by atoms with E-state index in [1.54, 1.807) is 41.0 Å². The van der Waals surface area contributed by atoms with E-state index in [1.165, 1.54) is 13.2 Å². The quantitative estimate of drug-likeness (QED) is 0.219. The average Bonchev–Trinajstić information content (AvgIpc) is 2.97. The van der Waals surface area contributed by atoms with Crippen molar-refractivity contribution < 1.29 is 29.3 Å². The Morgan fingerprint density at radius 1 is 1.00 bits per heavy atom. The van der Waals surface area contributed by atoms with Gasteiger partial charge in [-0.15, -0.1) is 0 Å². The van der Waals surface area contributed by atoms with Gasteiger partial charge in [-0.2, -0.15) is 0 Å². The van der Waals surface area contributed by atoms with Crippen molar-refractivity contribution in [2.24, 2.45) is 0 Å². The molecule has 1 atom stereocenters. The second kappa shape index (κ2) is 9.60. The number of carbonyl (C=O) groups excluding carboxylic acids is 1. The minimum atomic E-state index is -1.19. The Labute approximate surface area is 227 Å². The van der Waals surface area contributed by atoms with Gasteiger partial charge in [0, 0.05) is 35.2 Å². The molecule has 1 aliphatic heterocycles. The maximum absolute atomic E-state index is 14.0. The molecular formula is C31H25NO8. The molecule has 202 valence electrons. The van der Waals surface area contributed by atoms with E-state index in [-0.39, 0.29) is 33.4 Å². The number of hydrogen-bond donors (Lipinski definition) is 3. The number of aryl methyl sites for hydroxylation is 2. The number of esters is 1. The van der Waals surface area contributed by atoms with Crippen LogP contribution in [-0.2, 0) is 22.5 Å². The van der Waals surface area contributed by atoms with Crippen molar-refractivity contribution in [2.75, 3.05) is 7.11 Å². The third-order valence-electron chi connectivity index (χ3n) is 7.57. The zero-order chi connectivity index (χ0) is 28.1. The van der Waals surface area contributed by atoms with E-state index in [0.29, 0.717) is 12.1 Å². The van der Waals surface area contributed by atoms with Crippen molar-refractivity contribution in [1.82, 2.24) is 4.57 Å². The molecule has 0 fully saturated rings. The first-order valence-electron chi connectivity index (χ1n) is 12.8. The van der Waals surface area contributed by atoms with Gasteiger partial charge in [-0.1, -0.05) is 48.5 Å². The number of phenols is 3. The molecule has 9 nitrogen and oxygen atoms in total. The highest BCUT2D eigenvalue weighted by Gasteiger charge is 2.33. The number of benzene rings is 3. The van der Waals surface area contributed by atoms with Gasteiger partial charge >= 0.3 is 5.97 Å². The fourth-order valence-electron chi connectivity index (χ4n) is 5.69. The number of rotatable bonds is 5. The molecule has 0 spiro atoms. The van der Waals surface area contributed by atoms with Gasteiger partial charge in [0.1, 0.15) is 16.7 Å². The molecule has 1 unspecified atom stereocenters. The van der Waals surface area contributed by atoms with Gasteiger partial charge in [0.25, 0.3) is 5.56 Å². The minimum Gasteiger partial charge on any atom is -0.504 e. The molecule has 0 aliphatic carbocycles. The SMILES string of the molecule is COC(=O)CC(c1cc2cccc3c2n(c1=O)CCC3)c1c(O)c(O)c(O)c2c(=O)cc(-c3ccccc3)oc12. The summed E-state index contributed by atoms with van der Waals surface area (Å²) < 4.78 is 12.7. The molecule has 40 heavy (non-hydrogen) atoms. The van der Waals surface area contributed by atoms with Crippen LogP contribution in [0.1, 0.15) is 35.4 Å². The predicted octanol–water partition coefficient (Wildman–Crippen LogP) is 4.53. The summed E-state index contributed by atoms with van der Waals surface area (Å²) in [6.07, 6.45) is 1.16. The topological polar surface area (TPSA) is 139 Å². The lowest BCUT2D eigenvalue weighted by Crippen LogP contribution is -2.30. The van der Waals surface area contributed by atoms with E-state index in [2.05, 4.69) is 0 Å². The van der Waals surface area contributed by atoms with Crippen LogP contribution in [0.15, 0.2) is 74.7 Å². The molecule has 9 heteroatoms. The van der Waals surface area contributed by atoms with Crippen molar-refractivity contribution in [3.05, 3.63) is 97.9 Å². The molecule has 3 heterocycles. The Kier molecular flexibility index (Phi) is 6.06. The number of ether oxygens (including phenoxy) is 1. The molecule has 6 rings (SSSR count). The maximum Gasteiger partial charge on any atom is 0.306 e. The summed E-state index contributed by atoms with van der Waals surface area (Å²) in [7, 11) is 1.20. The summed E-state index contributed by atoms with van der Waals surface area (Å²) >= 11 is 0. The summed E-state index contributed by atoms with van der Waals surface area (Å²) in [6, 6.07) is 17.3. The van der Waals surface area contributed by atoms with Crippen LogP contribution in [0.25, 0.3) is 33.2 Å². The largest absolute Gasteiger partial charge is 0.504 e. The lowest BCUT2D eigenvalue weighted by atomic mass is 9.85. The fourth-order valence-corrected chi connectivity index (χ4v) is 5.69.